The SMILES string of the molecule is CCOc1cccc2cc(C(C)NC(=O)C3(OC)CCNCC3)oc12. The van der Waals surface area contributed by atoms with E-state index in [-0.39, 0.29) is 11.9 Å². The maximum atomic E-state index is 12.8. The smallest absolute Gasteiger partial charge is 0.252 e. The molecule has 0 bridgehead atoms. The van der Waals surface area contributed by atoms with Gasteiger partial charge >= 0.3 is 0 Å². The van der Waals surface area contributed by atoms with E-state index in [2.05, 4.69) is 10.6 Å². The molecule has 1 unspecified atom stereocenters. The van der Waals surface area contributed by atoms with Crippen molar-refractivity contribution in [1.82, 2.24) is 10.6 Å². The van der Waals surface area contributed by atoms with Crippen molar-refractivity contribution in [1.29, 1.82) is 0 Å². The lowest BCUT2D eigenvalue weighted by Gasteiger charge is -2.35. The number of nitrogens with one attached hydrogen (secondary N) is 2. The first-order chi connectivity index (χ1) is 12.1. The van der Waals surface area contributed by atoms with Crippen LogP contribution in [-0.2, 0) is 9.53 Å². The van der Waals surface area contributed by atoms with E-state index in [9.17, 15) is 4.79 Å². The van der Waals surface area contributed by atoms with Gasteiger partial charge in [0, 0.05) is 12.5 Å². The number of benzene rings is 1. The summed E-state index contributed by atoms with van der Waals surface area (Å²) in [7, 11) is 1.60. The summed E-state index contributed by atoms with van der Waals surface area (Å²) in [6.07, 6.45) is 1.33. The van der Waals surface area contributed by atoms with Gasteiger partial charge in [-0.05, 0) is 51.9 Å². The Hall–Kier alpha value is -2.05. The zero-order valence-electron chi connectivity index (χ0n) is 15.1. The molecular weight excluding hydrogens is 320 g/mol. The molecule has 2 aromatic rings. The number of hydrogen-bond acceptors (Lipinski definition) is 5. The van der Waals surface area contributed by atoms with Gasteiger partial charge in [-0.3, -0.25) is 4.79 Å². The number of ether oxygens (including phenoxy) is 2. The normalized spacial score (nSPS) is 18.0. The summed E-state index contributed by atoms with van der Waals surface area (Å²) in [6.45, 7) is 5.98. The zero-order chi connectivity index (χ0) is 17.9. The Morgan fingerprint density at radius 2 is 2.16 bits per heavy atom. The Labute approximate surface area is 147 Å². The van der Waals surface area contributed by atoms with Crippen LogP contribution >= 0.6 is 0 Å². The number of carbonyl (C=O) groups excluding carboxylic acids is 1. The molecule has 1 amide bonds. The van der Waals surface area contributed by atoms with E-state index in [1.165, 1.54) is 0 Å². The van der Waals surface area contributed by atoms with Gasteiger partial charge in [-0.2, -0.15) is 0 Å². The maximum Gasteiger partial charge on any atom is 0.252 e. The highest BCUT2D eigenvalue weighted by Crippen LogP contribution is 2.32. The molecule has 1 aromatic carbocycles. The van der Waals surface area contributed by atoms with Gasteiger partial charge in [-0.15, -0.1) is 0 Å². The van der Waals surface area contributed by atoms with E-state index in [1.807, 2.05) is 38.1 Å². The summed E-state index contributed by atoms with van der Waals surface area (Å²) in [5.41, 5.74) is -0.0501. The van der Waals surface area contributed by atoms with Crippen molar-refractivity contribution in [2.24, 2.45) is 0 Å². The third kappa shape index (κ3) is 3.50. The van der Waals surface area contributed by atoms with E-state index in [1.54, 1.807) is 7.11 Å². The molecule has 0 spiro atoms. The van der Waals surface area contributed by atoms with Crippen LogP contribution in [0.3, 0.4) is 0 Å². The van der Waals surface area contributed by atoms with E-state index in [4.69, 9.17) is 13.9 Å². The summed E-state index contributed by atoms with van der Waals surface area (Å²) in [6, 6.07) is 7.49. The van der Waals surface area contributed by atoms with Crippen LogP contribution in [0.2, 0.25) is 0 Å². The van der Waals surface area contributed by atoms with Crippen LogP contribution in [-0.4, -0.2) is 38.3 Å². The fraction of sp³-hybridized carbons (Fsp3) is 0.526. The van der Waals surface area contributed by atoms with Gasteiger partial charge in [-0.1, -0.05) is 12.1 Å². The molecule has 136 valence electrons. The number of para-hydroxylation sites is 1. The van der Waals surface area contributed by atoms with Crippen LogP contribution in [0.5, 0.6) is 5.75 Å². The summed E-state index contributed by atoms with van der Waals surface area (Å²) >= 11 is 0. The first kappa shape index (κ1) is 17.8. The lowest BCUT2D eigenvalue weighted by atomic mass is 9.91. The Kier molecular flexibility index (Phi) is 5.30. The predicted octanol–water partition coefficient (Wildman–Crippen LogP) is 2.78. The Morgan fingerprint density at radius 1 is 1.40 bits per heavy atom. The molecule has 0 radical (unpaired) electrons. The molecule has 0 aliphatic carbocycles. The van der Waals surface area contributed by atoms with E-state index in [0.29, 0.717) is 30.8 Å². The number of furan rings is 1. The fourth-order valence-electron chi connectivity index (χ4n) is 3.29. The molecule has 1 aliphatic heterocycles. The van der Waals surface area contributed by atoms with Gasteiger partial charge in [0.15, 0.2) is 11.3 Å². The van der Waals surface area contributed by atoms with E-state index >= 15 is 0 Å². The van der Waals surface area contributed by atoms with Gasteiger partial charge in [0.25, 0.3) is 5.91 Å². The van der Waals surface area contributed by atoms with Crippen LogP contribution in [0.4, 0.5) is 0 Å². The Balaban J connectivity index is 1.78. The quantitative estimate of drug-likeness (QED) is 0.841. The minimum atomic E-state index is -0.762. The van der Waals surface area contributed by atoms with Gasteiger partial charge in [0.1, 0.15) is 11.4 Å². The van der Waals surface area contributed by atoms with Crippen LogP contribution in [0.15, 0.2) is 28.7 Å². The highest BCUT2D eigenvalue weighted by atomic mass is 16.5. The van der Waals surface area contributed by atoms with Crippen molar-refractivity contribution in [2.75, 3.05) is 26.8 Å². The topological polar surface area (TPSA) is 72.7 Å². The number of methoxy groups -OCH3 is 1. The number of carbonyl (C=O) groups is 1. The standard InChI is InChI=1S/C19H26N2O4/c1-4-24-15-7-5-6-14-12-16(25-17(14)15)13(2)21-18(22)19(23-3)8-10-20-11-9-19/h5-7,12-13,20H,4,8-11H2,1-3H3,(H,21,22). The van der Waals surface area contributed by atoms with Gasteiger partial charge in [0.05, 0.1) is 12.6 Å². The van der Waals surface area contributed by atoms with Gasteiger partial charge < -0.3 is 24.5 Å². The van der Waals surface area contributed by atoms with Crippen molar-refractivity contribution in [2.45, 2.75) is 38.3 Å². The van der Waals surface area contributed by atoms with E-state index in [0.717, 1.165) is 24.2 Å². The summed E-state index contributed by atoms with van der Waals surface area (Å²) in [5.74, 6) is 1.33. The highest BCUT2D eigenvalue weighted by molar-refractivity contribution is 5.86. The number of fused-ring (bicyclic) bond motifs is 1. The molecule has 1 saturated heterocycles. The molecular formula is C19H26N2O4. The van der Waals surface area contributed by atoms with Crippen LogP contribution in [0, 0.1) is 0 Å². The molecule has 1 aromatic heterocycles. The monoisotopic (exact) mass is 346 g/mol. The van der Waals surface area contributed by atoms with Crippen molar-refractivity contribution in [3.63, 3.8) is 0 Å². The molecule has 6 heteroatoms. The first-order valence-corrected chi connectivity index (χ1v) is 8.81. The average Bonchev–Trinajstić information content (AvgIpc) is 3.08. The highest BCUT2D eigenvalue weighted by Gasteiger charge is 2.40. The largest absolute Gasteiger partial charge is 0.490 e. The van der Waals surface area contributed by atoms with Crippen molar-refractivity contribution in [3.05, 3.63) is 30.0 Å². The molecule has 1 atom stereocenters. The summed E-state index contributed by atoms with van der Waals surface area (Å²) in [5, 5.41) is 7.26. The molecule has 2 N–H and O–H groups in total. The fourth-order valence-corrected chi connectivity index (χ4v) is 3.29. The van der Waals surface area contributed by atoms with E-state index < -0.39 is 5.60 Å². The third-order valence-electron chi connectivity index (χ3n) is 4.82. The van der Waals surface area contributed by atoms with Gasteiger partial charge in [-0.25, -0.2) is 0 Å². The molecule has 25 heavy (non-hydrogen) atoms. The summed E-state index contributed by atoms with van der Waals surface area (Å²) in [4.78, 5) is 12.8. The van der Waals surface area contributed by atoms with Crippen molar-refractivity contribution in [3.8, 4) is 5.75 Å². The maximum absolute atomic E-state index is 12.8. The minimum absolute atomic E-state index is 0.0884. The summed E-state index contributed by atoms with van der Waals surface area (Å²) < 4.78 is 17.2. The second-order valence-corrected chi connectivity index (χ2v) is 6.40. The lowest BCUT2D eigenvalue weighted by molar-refractivity contribution is -0.147. The third-order valence-corrected chi connectivity index (χ3v) is 4.82. The number of amides is 1. The van der Waals surface area contributed by atoms with Crippen molar-refractivity contribution < 1.29 is 18.7 Å². The minimum Gasteiger partial charge on any atom is -0.490 e. The van der Waals surface area contributed by atoms with Gasteiger partial charge in [0.2, 0.25) is 0 Å². The van der Waals surface area contributed by atoms with Crippen molar-refractivity contribution >= 4 is 16.9 Å². The first-order valence-electron chi connectivity index (χ1n) is 8.81. The molecule has 6 nitrogen and oxygen atoms in total. The molecule has 1 aliphatic rings. The number of piperidine rings is 1. The molecule has 2 heterocycles. The second-order valence-electron chi connectivity index (χ2n) is 6.40. The van der Waals surface area contributed by atoms with Crippen LogP contribution in [0.1, 0.15) is 38.5 Å². The molecule has 1 fully saturated rings. The Morgan fingerprint density at radius 3 is 2.84 bits per heavy atom. The van der Waals surface area contributed by atoms with Crippen LogP contribution in [0.25, 0.3) is 11.0 Å². The van der Waals surface area contributed by atoms with Crippen LogP contribution < -0.4 is 15.4 Å². The lowest BCUT2D eigenvalue weighted by Crippen LogP contribution is -2.54. The zero-order valence-corrected chi connectivity index (χ0v) is 15.1. The number of hydrogen-bond donors (Lipinski definition) is 2. The average molecular weight is 346 g/mol. The number of rotatable bonds is 6. The predicted molar refractivity (Wildman–Crippen MR) is 95.8 cm³/mol. The Bertz CT molecular complexity index is 734. The second kappa shape index (κ2) is 7.45. The molecule has 0 saturated carbocycles. The molecule has 3 rings (SSSR count).